The Kier molecular flexibility index (Phi) is 5.38. The molecule has 0 aromatic carbocycles. The Hall–Kier alpha value is -0.610. The predicted molar refractivity (Wildman–Crippen MR) is 113 cm³/mol. The molecule has 4 aliphatic rings. The lowest BCUT2D eigenvalue weighted by Gasteiger charge is -2.66. The van der Waals surface area contributed by atoms with Crippen LogP contribution in [0.5, 0.6) is 0 Å². The molecule has 0 aromatic rings. The van der Waals surface area contributed by atoms with E-state index in [2.05, 4.69) is 27.7 Å². The third-order valence-corrected chi connectivity index (χ3v) is 11.0. The highest BCUT2D eigenvalue weighted by atomic mass is 16.4. The Morgan fingerprint density at radius 3 is 2.38 bits per heavy atom. The second kappa shape index (κ2) is 7.22. The molecule has 0 radical (unpaired) electrons. The quantitative estimate of drug-likeness (QED) is 0.622. The van der Waals surface area contributed by atoms with Crippen LogP contribution in [-0.4, -0.2) is 33.5 Å². The van der Waals surface area contributed by atoms with Gasteiger partial charge < -0.3 is 15.3 Å². The minimum Gasteiger partial charge on any atom is -0.481 e. The molecule has 4 aliphatic carbocycles. The number of rotatable bonds is 4. The fraction of sp³-hybridized carbons (Fsp3) is 0.960. The summed E-state index contributed by atoms with van der Waals surface area (Å²) in [7, 11) is 0. The van der Waals surface area contributed by atoms with Gasteiger partial charge in [0.2, 0.25) is 0 Å². The Balaban J connectivity index is 1.62. The molecule has 166 valence electrons. The summed E-state index contributed by atoms with van der Waals surface area (Å²) in [4.78, 5) is 11.1. The van der Waals surface area contributed by atoms with Crippen LogP contribution in [0.2, 0.25) is 0 Å². The number of carboxylic acids is 1. The highest BCUT2D eigenvalue weighted by Gasteiger charge is 2.67. The van der Waals surface area contributed by atoms with E-state index < -0.39 is 5.97 Å². The number of fused-ring (bicyclic) bond motifs is 5. The van der Waals surface area contributed by atoms with E-state index in [0.29, 0.717) is 29.6 Å². The number of carbonyl (C=O) groups is 1. The van der Waals surface area contributed by atoms with E-state index in [-0.39, 0.29) is 34.9 Å². The van der Waals surface area contributed by atoms with Crippen molar-refractivity contribution in [3.8, 4) is 0 Å². The highest BCUT2D eigenvalue weighted by Crippen LogP contribution is 2.73. The minimum absolute atomic E-state index is 0.127. The average Bonchev–Trinajstić information content (AvgIpc) is 2.92. The van der Waals surface area contributed by atoms with Crippen LogP contribution in [0.3, 0.4) is 0 Å². The summed E-state index contributed by atoms with van der Waals surface area (Å²) in [6, 6.07) is 0. The van der Waals surface area contributed by atoms with Gasteiger partial charge in [0, 0.05) is 6.42 Å². The van der Waals surface area contributed by atoms with Crippen LogP contribution in [0.25, 0.3) is 0 Å². The average molecular weight is 407 g/mol. The molecule has 0 aromatic heterocycles. The van der Waals surface area contributed by atoms with Crippen molar-refractivity contribution in [1.82, 2.24) is 0 Å². The largest absolute Gasteiger partial charge is 0.481 e. The van der Waals surface area contributed by atoms with E-state index in [4.69, 9.17) is 5.11 Å². The Bertz CT molecular complexity index is 649. The third-order valence-electron chi connectivity index (χ3n) is 11.0. The number of hydrogen-bond acceptors (Lipinski definition) is 3. The summed E-state index contributed by atoms with van der Waals surface area (Å²) in [5.41, 5.74) is 0.562. The van der Waals surface area contributed by atoms with Crippen molar-refractivity contribution in [2.24, 2.45) is 45.8 Å². The van der Waals surface area contributed by atoms with Gasteiger partial charge in [-0.1, -0.05) is 27.7 Å². The second-order valence-corrected chi connectivity index (χ2v) is 12.0. The number of aliphatic hydroxyl groups is 2. The van der Waals surface area contributed by atoms with Crippen molar-refractivity contribution in [3.05, 3.63) is 0 Å². The summed E-state index contributed by atoms with van der Waals surface area (Å²) in [5.74, 6) is 1.63. The summed E-state index contributed by atoms with van der Waals surface area (Å²) in [5, 5.41) is 30.8. The van der Waals surface area contributed by atoms with Crippen molar-refractivity contribution >= 4 is 5.97 Å². The molecule has 4 heteroatoms. The Morgan fingerprint density at radius 2 is 1.69 bits per heavy atom. The standard InChI is InChI=1S/C25H42O4/c1-15(5-6-21(28)29)18-8-12-25(4)22-19(9-11-24(18,25)3)23(2)10-7-17(26)13-16(23)14-20(22)27/h15-20,22,26-27H,5-14H2,1-4H3,(H,28,29)/t15-,16+,17-,18?,19+,20+,22+,23+,24-,25+/m1/s1. The molecule has 0 amide bonds. The number of hydrogen-bond donors (Lipinski definition) is 3. The van der Waals surface area contributed by atoms with Crippen LogP contribution in [0.4, 0.5) is 0 Å². The van der Waals surface area contributed by atoms with Crippen LogP contribution < -0.4 is 0 Å². The SMILES string of the molecule is C[C@H](CCC(=O)O)C1CC[C@@]2(C)[C@@H]3[C@@H](O)C[C@@H]4C[C@H](O)CC[C@]4(C)[C@H]3CC[C@]12C. The zero-order chi connectivity index (χ0) is 21.2. The highest BCUT2D eigenvalue weighted by molar-refractivity contribution is 5.66. The maximum absolute atomic E-state index is 11.4. The van der Waals surface area contributed by atoms with E-state index in [1.807, 2.05) is 0 Å². The van der Waals surface area contributed by atoms with Gasteiger partial charge >= 0.3 is 5.97 Å². The maximum atomic E-state index is 11.4. The van der Waals surface area contributed by atoms with Gasteiger partial charge in [0.25, 0.3) is 0 Å². The zero-order valence-electron chi connectivity index (χ0n) is 18.9. The zero-order valence-corrected chi connectivity index (χ0v) is 18.9. The van der Waals surface area contributed by atoms with Crippen molar-refractivity contribution in [2.75, 3.05) is 0 Å². The van der Waals surface area contributed by atoms with Crippen molar-refractivity contribution < 1.29 is 20.1 Å². The first-order valence-electron chi connectivity index (χ1n) is 12.1. The maximum Gasteiger partial charge on any atom is 0.303 e. The van der Waals surface area contributed by atoms with Crippen molar-refractivity contribution in [2.45, 2.75) is 104 Å². The first kappa shape index (κ1) is 21.6. The van der Waals surface area contributed by atoms with Crippen LogP contribution in [0.1, 0.15) is 91.9 Å². The summed E-state index contributed by atoms with van der Waals surface area (Å²) in [6.45, 7) is 9.64. The molecule has 0 aliphatic heterocycles. The molecular weight excluding hydrogens is 364 g/mol. The van der Waals surface area contributed by atoms with Gasteiger partial charge in [0.05, 0.1) is 12.2 Å². The van der Waals surface area contributed by atoms with E-state index in [1.54, 1.807) is 0 Å². The molecule has 10 atom stereocenters. The second-order valence-electron chi connectivity index (χ2n) is 12.0. The van der Waals surface area contributed by atoms with Gasteiger partial charge in [0.15, 0.2) is 0 Å². The number of carboxylic acid groups (broad SMARTS) is 1. The molecule has 4 nitrogen and oxygen atoms in total. The van der Waals surface area contributed by atoms with E-state index in [1.165, 1.54) is 19.3 Å². The first-order valence-corrected chi connectivity index (χ1v) is 12.1. The van der Waals surface area contributed by atoms with Crippen LogP contribution in [-0.2, 0) is 4.79 Å². The molecule has 0 bridgehead atoms. The van der Waals surface area contributed by atoms with Crippen LogP contribution in [0, 0.1) is 45.8 Å². The minimum atomic E-state index is -0.687. The lowest BCUT2D eigenvalue weighted by Crippen LogP contribution is -2.62. The molecule has 0 heterocycles. The van der Waals surface area contributed by atoms with Gasteiger partial charge in [-0.3, -0.25) is 4.79 Å². The normalized spacial score (nSPS) is 52.9. The van der Waals surface area contributed by atoms with E-state index in [9.17, 15) is 15.0 Å². The molecule has 4 saturated carbocycles. The Morgan fingerprint density at radius 1 is 1.00 bits per heavy atom. The molecule has 1 unspecified atom stereocenters. The summed E-state index contributed by atoms with van der Waals surface area (Å²) >= 11 is 0. The van der Waals surface area contributed by atoms with Crippen molar-refractivity contribution in [3.63, 3.8) is 0 Å². The smallest absolute Gasteiger partial charge is 0.303 e. The van der Waals surface area contributed by atoms with Gasteiger partial charge in [0.1, 0.15) is 0 Å². The Labute approximate surface area is 176 Å². The monoisotopic (exact) mass is 406 g/mol. The van der Waals surface area contributed by atoms with E-state index in [0.717, 1.165) is 38.5 Å². The summed E-state index contributed by atoms with van der Waals surface area (Å²) in [6.07, 6.45) is 9.00. The number of aliphatic hydroxyl groups excluding tert-OH is 2. The van der Waals surface area contributed by atoms with Crippen molar-refractivity contribution in [1.29, 1.82) is 0 Å². The lowest BCUT2D eigenvalue weighted by molar-refractivity contribution is -0.206. The molecule has 4 rings (SSSR count). The van der Waals surface area contributed by atoms with Crippen LogP contribution in [0.15, 0.2) is 0 Å². The fourth-order valence-electron chi connectivity index (χ4n) is 9.17. The number of aliphatic carboxylic acids is 1. The molecule has 4 fully saturated rings. The van der Waals surface area contributed by atoms with E-state index >= 15 is 0 Å². The predicted octanol–water partition coefficient (Wildman–Crippen LogP) is 4.87. The molecular formula is C25H42O4. The van der Waals surface area contributed by atoms with Gasteiger partial charge in [-0.2, -0.15) is 0 Å². The van der Waals surface area contributed by atoms with Gasteiger partial charge in [-0.15, -0.1) is 0 Å². The molecule has 0 spiro atoms. The molecule has 0 saturated heterocycles. The molecule has 29 heavy (non-hydrogen) atoms. The topological polar surface area (TPSA) is 77.8 Å². The fourth-order valence-corrected chi connectivity index (χ4v) is 9.17. The first-order chi connectivity index (χ1) is 13.5. The van der Waals surface area contributed by atoms with Crippen LogP contribution >= 0.6 is 0 Å². The third kappa shape index (κ3) is 3.11. The summed E-state index contributed by atoms with van der Waals surface area (Å²) < 4.78 is 0. The lowest BCUT2D eigenvalue weighted by atomic mass is 9.39. The molecule has 3 N–H and O–H groups in total. The van der Waals surface area contributed by atoms with Gasteiger partial charge in [-0.05, 0) is 104 Å². The van der Waals surface area contributed by atoms with Gasteiger partial charge in [-0.25, -0.2) is 0 Å².